The van der Waals surface area contributed by atoms with Crippen molar-refractivity contribution < 1.29 is 27.3 Å². The summed E-state index contributed by atoms with van der Waals surface area (Å²) in [6, 6.07) is 8.22. The van der Waals surface area contributed by atoms with Gasteiger partial charge in [-0.15, -0.1) is 0 Å². The Morgan fingerprint density at radius 3 is 2.53 bits per heavy atom. The second kappa shape index (κ2) is 4.15. The molecule has 2 aromatic rings. The van der Waals surface area contributed by atoms with E-state index in [1.54, 1.807) is 24.3 Å². The fourth-order valence-electron chi connectivity index (χ4n) is 2.07. The van der Waals surface area contributed by atoms with Gasteiger partial charge in [-0.3, -0.25) is 4.55 Å². The van der Waals surface area contributed by atoms with E-state index in [1.807, 2.05) is 0 Å². The molecule has 0 radical (unpaired) electrons. The number of ether oxygens (including phenoxy) is 1. The maximum atomic E-state index is 11.7. The van der Waals surface area contributed by atoms with Gasteiger partial charge in [0.05, 0.1) is 5.56 Å². The van der Waals surface area contributed by atoms with Gasteiger partial charge in [-0.25, -0.2) is 9.59 Å². The largest absolute Gasteiger partial charge is 0.386 e. The van der Waals surface area contributed by atoms with E-state index in [2.05, 4.69) is 8.92 Å². The Hall–Kier alpha value is -2.25. The van der Waals surface area contributed by atoms with Gasteiger partial charge in [-0.05, 0) is 16.8 Å². The summed E-state index contributed by atoms with van der Waals surface area (Å²) in [6.45, 7) is 0. The second-order valence-electron chi connectivity index (χ2n) is 3.82. The lowest BCUT2D eigenvalue weighted by Crippen LogP contribution is -2.04. The van der Waals surface area contributed by atoms with Crippen LogP contribution in [0.3, 0.4) is 0 Å². The zero-order chi connectivity index (χ0) is 13.6. The molecule has 19 heavy (non-hydrogen) atoms. The van der Waals surface area contributed by atoms with Crippen molar-refractivity contribution in [2.24, 2.45) is 0 Å². The van der Waals surface area contributed by atoms with Crippen molar-refractivity contribution in [2.75, 3.05) is 0 Å². The third-order valence-electron chi connectivity index (χ3n) is 2.77. The van der Waals surface area contributed by atoms with Crippen LogP contribution < -0.4 is 4.18 Å². The predicted molar refractivity (Wildman–Crippen MR) is 65.1 cm³/mol. The molecule has 0 fully saturated rings. The van der Waals surface area contributed by atoms with Crippen LogP contribution in [0.15, 0.2) is 30.3 Å². The van der Waals surface area contributed by atoms with E-state index in [9.17, 15) is 13.8 Å². The Balaban J connectivity index is 2.39. The summed E-state index contributed by atoms with van der Waals surface area (Å²) in [5, 5.41) is 1.14. The zero-order valence-electron chi connectivity index (χ0n) is 9.28. The van der Waals surface area contributed by atoms with E-state index < -0.39 is 23.3 Å². The Morgan fingerprint density at radius 1 is 1.11 bits per heavy atom. The van der Waals surface area contributed by atoms with E-state index in [0.29, 0.717) is 10.8 Å². The summed E-state index contributed by atoms with van der Waals surface area (Å²) in [4.78, 5) is 23.3. The van der Waals surface area contributed by atoms with Crippen molar-refractivity contribution in [1.82, 2.24) is 0 Å². The van der Waals surface area contributed by atoms with Crippen LogP contribution in [0.4, 0.5) is 0 Å². The van der Waals surface area contributed by atoms with Gasteiger partial charge >= 0.3 is 23.3 Å². The molecule has 1 aliphatic heterocycles. The van der Waals surface area contributed by atoms with Crippen molar-refractivity contribution in [3.63, 3.8) is 0 Å². The molecule has 0 saturated carbocycles. The van der Waals surface area contributed by atoms with Crippen LogP contribution in [0.25, 0.3) is 10.8 Å². The Bertz CT molecular complexity index is 751. The third kappa shape index (κ3) is 1.79. The molecule has 1 unspecified atom stereocenters. The van der Waals surface area contributed by atoms with E-state index in [0.717, 1.165) is 0 Å². The SMILES string of the molecule is O=C1OC(=O)c2c1c(OS(=O)O)cc1ccccc21. The minimum Gasteiger partial charge on any atom is -0.386 e. The molecule has 2 aromatic carbocycles. The van der Waals surface area contributed by atoms with Crippen LogP contribution in [0, 0.1) is 0 Å². The summed E-state index contributed by atoms with van der Waals surface area (Å²) >= 11 is -2.60. The molecule has 0 bridgehead atoms. The minimum atomic E-state index is -2.60. The number of fused-ring (bicyclic) bond motifs is 3. The number of hydrogen-bond donors (Lipinski definition) is 1. The van der Waals surface area contributed by atoms with E-state index >= 15 is 0 Å². The number of cyclic esters (lactones) is 2. The molecule has 96 valence electrons. The number of carbonyl (C=O) groups excluding carboxylic acids is 2. The van der Waals surface area contributed by atoms with Crippen molar-refractivity contribution >= 4 is 34.1 Å². The van der Waals surface area contributed by atoms with E-state index in [-0.39, 0.29) is 16.9 Å². The van der Waals surface area contributed by atoms with Crippen LogP contribution in [-0.2, 0) is 16.1 Å². The molecule has 1 atom stereocenters. The van der Waals surface area contributed by atoms with Gasteiger partial charge in [-0.2, -0.15) is 4.21 Å². The van der Waals surface area contributed by atoms with Gasteiger partial charge in [0, 0.05) is 0 Å². The molecule has 0 aromatic heterocycles. The van der Waals surface area contributed by atoms with Gasteiger partial charge in [-0.1, -0.05) is 24.3 Å². The maximum Gasteiger partial charge on any atom is 0.357 e. The fourth-order valence-corrected chi connectivity index (χ4v) is 2.35. The molecule has 7 heteroatoms. The fraction of sp³-hybridized carbons (Fsp3) is 0. The van der Waals surface area contributed by atoms with Gasteiger partial charge in [0.25, 0.3) is 0 Å². The molecule has 6 nitrogen and oxygen atoms in total. The van der Waals surface area contributed by atoms with Gasteiger partial charge < -0.3 is 8.92 Å². The average molecular weight is 278 g/mol. The first kappa shape index (κ1) is 11.8. The average Bonchev–Trinajstić information content (AvgIpc) is 2.65. The van der Waals surface area contributed by atoms with Gasteiger partial charge in [0.15, 0.2) is 5.75 Å². The lowest BCUT2D eigenvalue weighted by molar-refractivity contribution is 0.0444. The standard InChI is InChI=1S/C12H6O6S/c13-11-9-7-4-2-1-3-6(7)5-8(18-19(15)16)10(9)12(14)17-11/h1-5H,(H,15,16). The summed E-state index contributed by atoms with van der Waals surface area (Å²) in [5.41, 5.74) is -0.0605. The Morgan fingerprint density at radius 2 is 1.79 bits per heavy atom. The highest BCUT2D eigenvalue weighted by atomic mass is 32.2. The van der Waals surface area contributed by atoms with Crippen LogP contribution in [-0.4, -0.2) is 20.7 Å². The molecular formula is C12H6O6S. The number of benzene rings is 2. The molecule has 1 N–H and O–H groups in total. The maximum absolute atomic E-state index is 11.7. The van der Waals surface area contributed by atoms with Gasteiger partial charge in [0.2, 0.25) is 0 Å². The molecular weight excluding hydrogens is 272 g/mol. The molecule has 0 spiro atoms. The van der Waals surface area contributed by atoms with Crippen LogP contribution in [0.1, 0.15) is 20.7 Å². The number of carbonyl (C=O) groups is 2. The summed E-state index contributed by atoms with van der Waals surface area (Å²) in [6.07, 6.45) is 0. The first-order chi connectivity index (χ1) is 9.08. The van der Waals surface area contributed by atoms with Crippen molar-refractivity contribution in [3.8, 4) is 5.75 Å². The third-order valence-corrected chi connectivity index (χ3v) is 3.09. The van der Waals surface area contributed by atoms with E-state index in [1.165, 1.54) is 6.07 Å². The predicted octanol–water partition coefficient (Wildman–Crippen LogP) is 1.67. The first-order valence-corrected chi connectivity index (χ1v) is 6.22. The summed E-state index contributed by atoms with van der Waals surface area (Å²) in [7, 11) is 0. The quantitative estimate of drug-likeness (QED) is 0.510. The minimum absolute atomic E-state index is 0.0588. The molecule has 3 rings (SSSR count). The number of rotatable bonds is 2. The highest BCUT2D eigenvalue weighted by molar-refractivity contribution is 7.74. The Kier molecular flexibility index (Phi) is 2.58. The van der Waals surface area contributed by atoms with Crippen molar-refractivity contribution in [3.05, 3.63) is 41.5 Å². The van der Waals surface area contributed by atoms with Crippen molar-refractivity contribution in [1.29, 1.82) is 0 Å². The van der Waals surface area contributed by atoms with Crippen LogP contribution in [0.2, 0.25) is 0 Å². The number of hydrogen-bond acceptors (Lipinski definition) is 5. The molecule has 1 aliphatic rings. The number of esters is 2. The molecule has 0 saturated heterocycles. The smallest absolute Gasteiger partial charge is 0.357 e. The highest BCUT2D eigenvalue weighted by Gasteiger charge is 2.35. The topological polar surface area (TPSA) is 89.9 Å². The summed E-state index contributed by atoms with van der Waals surface area (Å²) in [5.74, 6) is -1.82. The monoisotopic (exact) mass is 278 g/mol. The van der Waals surface area contributed by atoms with Crippen molar-refractivity contribution in [2.45, 2.75) is 0 Å². The molecule has 1 heterocycles. The zero-order valence-corrected chi connectivity index (χ0v) is 10.1. The normalized spacial score (nSPS) is 15.2. The summed E-state index contributed by atoms with van der Waals surface area (Å²) < 4.78 is 28.7. The van der Waals surface area contributed by atoms with Crippen LogP contribution >= 0.6 is 0 Å². The highest BCUT2D eigenvalue weighted by Crippen LogP contribution is 2.36. The van der Waals surface area contributed by atoms with Gasteiger partial charge in [0.1, 0.15) is 5.56 Å². The lowest BCUT2D eigenvalue weighted by Gasteiger charge is -2.06. The molecule has 0 amide bonds. The lowest BCUT2D eigenvalue weighted by atomic mass is 9.99. The first-order valence-electron chi connectivity index (χ1n) is 5.19. The van der Waals surface area contributed by atoms with E-state index in [4.69, 9.17) is 4.55 Å². The second-order valence-corrected chi connectivity index (χ2v) is 4.42. The Labute approximate surface area is 109 Å². The molecule has 0 aliphatic carbocycles. The van der Waals surface area contributed by atoms with Crippen LogP contribution in [0.5, 0.6) is 5.75 Å².